The molecule has 2 aromatic rings. The lowest BCUT2D eigenvalue weighted by atomic mass is 9.90. The molecule has 108 valence electrons. The zero-order valence-corrected chi connectivity index (χ0v) is 12.9. The van der Waals surface area contributed by atoms with Crippen LogP contribution in [0.2, 0.25) is 5.02 Å². The molecule has 1 aliphatic heterocycles. The van der Waals surface area contributed by atoms with E-state index < -0.39 is 0 Å². The van der Waals surface area contributed by atoms with Crippen molar-refractivity contribution < 1.29 is 0 Å². The van der Waals surface area contributed by atoms with Gasteiger partial charge in [0.1, 0.15) is 6.17 Å². The zero-order chi connectivity index (χ0) is 14.9. The van der Waals surface area contributed by atoms with Gasteiger partial charge in [-0.25, -0.2) is 0 Å². The lowest BCUT2D eigenvalue weighted by Crippen LogP contribution is -2.55. The molecule has 1 aliphatic rings. The largest absolute Gasteiger partial charge is 0.288 e. The highest BCUT2D eigenvalue weighted by Crippen LogP contribution is 2.24. The van der Waals surface area contributed by atoms with Crippen LogP contribution >= 0.6 is 11.6 Å². The molecule has 3 rings (SSSR count). The Morgan fingerprint density at radius 3 is 2.29 bits per heavy atom. The van der Waals surface area contributed by atoms with Gasteiger partial charge in [0.25, 0.3) is 0 Å². The Balaban J connectivity index is 1.89. The summed E-state index contributed by atoms with van der Waals surface area (Å²) >= 11 is 5.94. The molecule has 0 fully saturated rings. The van der Waals surface area contributed by atoms with E-state index in [0.717, 1.165) is 21.9 Å². The first-order valence-corrected chi connectivity index (χ1v) is 7.36. The third-order valence-electron chi connectivity index (χ3n) is 3.65. The first-order chi connectivity index (χ1) is 10.1. The smallest absolute Gasteiger partial charge is 0.120 e. The maximum atomic E-state index is 5.94. The van der Waals surface area contributed by atoms with E-state index in [-0.39, 0.29) is 11.7 Å². The maximum absolute atomic E-state index is 5.94. The molecule has 0 bridgehead atoms. The van der Waals surface area contributed by atoms with Gasteiger partial charge >= 0.3 is 0 Å². The average molecular weight is 300 g/mol. The summed E-state index contributed by atoms with van der Waals surface area (Å²) in [5.74, 6) is 0. The highest BCUT2D eigenvalue weighted by molar-refractivity contribution is 6.30. The first-order valence-electron chi connectivity index (χ1n) is 6.98. The number of nitrogens with one attached hydrogen (secondary N) is 2. The molecule has 0 saturated carbocycles. The van der Waals surface area contributed by atoms with Gasteiger partial charge in [-0.1, -0.05) is 54.1 Å². The first kappa shape index (κ1) is 14.1. The second-order valence-electron chi connectivity index (χ2n) is 5.71. The molecule has 2 N–H and O–H groups in total. The predicted octanol–water partition coefficient (Wildman–Crippen LogP) is 3.71. The molecule has 1 unspecified atom stereocenters. The number of hydrogen-bond donors (Lipinski definition) is 2. The molecule has 0 aromatic heterocycles. The third-order valence-corrected chi connectivity index (χ3v) is 3.91. The molecule has 0 amide bonds. The minimum Gasteiger partial charge on any atom is -0.288 e. The van der Waals surface area contributed by atoms with Crippen molar-refractivity contribution in [2.45, 2.75) is 25.6 Å². The Morgan fingerprint density at radius 1 is 1.00 bits per heavy atom. The van der Waals surface area contributed by atoms with Crippen molar-refractivity contribution in [2.75, 3.05) is 0 Å². The van der Waals surface area contributed by atoms with Gasteiger partial charge in [-0.2, -0.15) is 5.10 Å². The summed E-state index contributed by atoms with van der Waals surface area (Å²) in [6.07, 6.45) is -0.0234. The minimum absolute atomic E-state index is 0.0234. The van der Waals surface area contributed by atoms with Crippen LogP contribution in [0.1, 0.15) is 31.1 Å². The summed E-state index contributed by atoms with van der Waals surface area (Å²) in [4.78, 5) is 0. The van der Waals surface area contributed by atoms with E-state index >= 15 is 0 Å². The van der Waals surface area contributed by atoms with Crippen LogP contribution in [-0.2, 0) is 0 Å². The summed E-state index contributed by atoms with van der Waals surface area (Å²) in [6, 6.07) is 18.0. The Morgan fingerprint density at radius 2 is 1.67 bits per heavy atom. The Hall–Kier alpha value is -1.84. The molecular formula is C17H18ClN3. The highest BCUT2D eigenvalue weighted by atomic mass is 35.5. The zero-order valence-electron chi connectivity index (χ0n) is 12.1. The summed E-state index contributed by atoms with van der Waals surface area (Å²) in [6.45, 7) is 4.28. The number of hydrogen-bond acceptors (Lipinski definition) is 3. The summed E-state index contributed by atoms with van der Waals surface area (Å²) in [5, 5.41) is 8.93. The minimum atomic E-state index is -0.225. The number of nitrogens with zero attached hydrogens (tertiary/aromatic N) is 1. The van der Waals surface area contributed by atoms with Crippen molar-refractivity contribution >= 4 is 17.3 Å². The van der Waals surface area contributed by atoms with Crippen molar-refractivity contribution in [3.05, 3.63) is 70.7 Å². The molecule has 2 aromatic carbocycles. The van der Waals surface area contributed by atoms with Crippen LogP contribution in [-0.4, -0.2) is 11.3 Å². The topological polar surface area (TPSA) is 36.4 Å². The van der Waals surface area contributed by atoms with E-state index in [4.69, 9.17) is 11.6 Å². The van der Waals surface area contributed by atoms with Gasteiger partial charge in [-0.3, -0.25) is 10.7 Å². The SMILES string of the molecule is CC1(C)NC(c2ccc(Cl)cc2)NN=C1c1ccccc1. The van der Waals surface area contributed by atoms with Crippen LogP contribution < -0.4 is 10.7 Å². The molecule has 0 aliphatic carbocycles. The highest BCUT2D eigenvalue weighted by Gasteiger charge is 2.33. The number of rotatable bonds is 2. The van der Waals surface area contributed by atoms with Crippen LogP contribution in [0.15, 0.2) is 59.7 Å². The van der Waals surface area contributed by atoms with Gasteiger partial charge in [0.15, 0.2) is 0 Å². The summed E-state index contributed by atoms with van der Waals surface area (Å²) < 4.78 is 0. The molecule has 0 spiro atoms. The lowest BCUT2D eigenvalue weighted by Gasteiger charge is -2.37. The van der Waals surface area contributed by atoms with E-state index in [2.05, 4.69) is 41.8 Å². The molecule has 3 nitrogen and oxygen atoms in total. The van der Waals surface area contributed by atoms with Crippen LogP contribution in [0.25, 0.3) is 0 Å². The van der Waals surface area contributed by atoms with Crippen molar-refractivity contribution in [3.63, 3.8) is 0 Å². The number of benzene rings is 2. The Bertz CT molecular complexity index is 647. The van der Waals surface area contributed by atoms with Crippen molar-refractivity contribution in [1.29, 1.82) is 0 Å². The van der Waals surface area contributed by atoms with E-state index in [1.165, 1.54) is 0 Å². The number of halogens is 1. The molecule has 1 atom stereocenters. The lowest BCUT2D eigenvalue weighted by molar-refractivity contribution is 0.345. The van der Waals surface area contributed by atoms with Gasteiger partial charge in [0.2, 0.25) is 0 Å². The summed E-state index contributed by atoms with van der Waals surface area (Å²) in [5.41, 5.74) is 6.21. The molecule has 4 heteroatoms. The maximum Gasteiger partial charge on any atom is 0.120 e. The fraction of sp³-hybridized carbons (Fsp3) is 0.235. The monoisotopic (exact) mass is 299 g/mol. The number of hydrazone groups is 1. The third kappa shape index (κ3) is 2.94. The predicted molar refractivity (Wildman–Crippen MR) is 87.5 cm³/mol. The van der Waals surface area contributed by atoms with Crippen LogP contribution in [0.5, 0.6) is 0 Å². The van der Waals surface area contributed by atoms with Gasteiger partial charge in [0.05, 0.1) is 11.3 Å². The van der Waals surface area contributed by atoms with Crippen LogP contribution in [0.3, 0.4) is 0 Å². The van der Waals surface area contributed by atoms with Gasteiger partial charge < -0.3 is 0 Å². The molecule has 0 radical (unpaired) electrons. The average Bonchev–Trinajstić information content (AvgIpc) is 2.48. The molecular weight excluding hydrogens is 282 g/mol. The normalized spacial score (nSPS) is 20.5. The van der Waals surface area contributed by atoms with E-state index in [1.54, 1.807) is 0 Å². The van der Waals surface area contributed by atoms with E-state index in [1.807, 2.05) is 42.5 Å². The van der Waals surface area contributed by atoms with Gasteiger partial charge in [0, 0.05) is 5.02 Å². The second kappa shape index (κ2) is 5.51. The molecule has 21 heavy (non-hydrogen) atoms. The molecule has 0 saturated heterocycles. The van der Waals surface area contributed by atoms with E-state index in [9.17, 15) is 0 Å². The van der Waals surface area contributed by atoms with Crippen molar-refractivity contribution in [1.82, 2.24) is 10.7 Å². The van der Waals surface area contributed by atoms with Crippen LogP contribution in [0, 0.1) is 0 Å². The van der Waals surface area contributed by atoms with Crippen molar-refractivity contribution in [2.24, 2.45) is 5.10 Å². The molecule has 1 heterocycles. The second-order valence-corrected chi connectivity index (χ2v) is 6.15. The van der Waals surface area contributed by atoms with Gasteiger partial charge in [-0.15, -0.1) is 0 Å². The Labute approximate surface area is 130 Å². The standard InChI is InChI=1S/C17H18ClN3/c1-17(2)15(12-6-4-3-5-7-12)20-21-16(19-17)13-8-10-14(18)11-9-13/h3-11,16,19,21H,1-2H3. The van der Waals surface area contributed by atoms with E-state index in [0.29, 0.717) is 0 Å². The van der Waals surface area contributed by atoms with Gasteiger partial charge in [-0.05, 0) is 37.1 Å². The van der Waals surface area contributed by atoms with Crippen LogP contribution in [0.4, 0.5) is 0 Å². The Kier molecular flexibility index (Phi) is 3.70. The van der Waals surface area contributed by atoms with Crippen molar-refractivity contribution in [3.8, 4) is 0 Å². The quantitative estimate of drug-likeness (QED) is 0.887. The fourth-order valence-electron chi connectivity index (χ4n) is 2.56. The fourth-order valence-corrected chi connectivity index (χ4v) is 2.69. The summed E-state index contributed by atoms with van der Waals surface area (Å²) in [7, 11) is 0.